The monoisotopic (exact) mass is 574 g/mol. The van der Waals surface area contributed by atoms with Gasteiger partial charge in [0.1, 0.15) is 5.75 Å². The van der Waals surface area contributed by atoms with Gasteiger partial charge in [0, 0.05) is 37.8 Å². The molecule has 216 valence electrons. The molecule has 1 aliphatic heterocycles. The highest BCUT2D eigenvalue weighted by Crippen LogP contribution is 2.43. The summed E-state index contributed by atoms with van der Waals surface area (Å²) >= 11 is 0. The number of carbonyl (C=O) groups is 1. The molecule has 0 spiro atoms. The first-order valence-corrected chi connectivity index (χ1v) is 14.2. The van der Waals surface area contributed by atoms with Gasteiger partial charge in [-0.05, 0) is 80.6 Å². The Balaban J connectivity index is 0.00000387. The fourth-order valence-electron chi connectivity index (χ4n) is 6.39. The molecule has 5 rings (SSSR count). The molecule has 0 saturated carbocycles. The number of para-hydroxylation sites is 2. The normalized spacial score (nSPS) is 15.7. The van der Waals surface area contributed by atoms with Gasteiger partial charge in [0.2, 0.25) is 0 Å². The van der Waals surface area contributed by atoms with E-state index in [9.17, 15) is 14.7 Å². The van der Waals surface area contributed by atoms with E-state index >= 15 is 0 Å². The third-order valence-electron chi connectivity index (χ3n) is 8.42. The van der Waals surface area contributed by atoms with E-state index in [0.29, 0.717) is 25.1 Å². The summed E-state index contributed by atoms with van der Waals surface area (Å²) in [6, 6.07) is 23.3. The van der Waals surface area contributed by atoms with Crippen molar-refractivity contribution in [2.24, 2.45) is 0 Å². The molecule has 8 heteroatoms. The Bertz CT molecular complexity index is 1550. The summed E-state index contributed by atoms with van der Waals surface area (Å²) in [5, 5.41) is 10.5. The van der Waals surface area contributed by atoms with Crippen molar-refractivity contribution in [3.63, 3.8) is 0 Å². The van der Waals surface area contributed by atoms with E-state index < -0.39 is 5.54 Å². The number of hydrogen-bond acceptors (Lipinski definition) is 4. The first kappa shape index (κ1) is 30.2. The number of phenolic OH excluding ortho intramolecular Hbond substituents is 1. The highest BCUT2D eigenvalue weighted by Gasteiger charge is 2.41. The Morgan fingerprint density at radius 1 is 1.02 bits per heavy atom. The van der Waals surface area contributed by atoms with Crippen LogP contribution in [0.15, 0.2) is 90.2 Å². The van der Waals surface area contributed by atoms with Crippen molar-refractivity contribution in [2.75, 3.05) is 26.2 Å². The van der Waals surface area contributed by atoms with E-state index in [1.165, 1.54) is 0 Å². The maximum Gasteiger partial charge on any atom is 0.326 e. The Kier molecular flexibility index (Phi) is 9.41. The summed E-state index contributed by atoms with van der Waals surface area (Å²) in [5.74, 6) is 0.229. The van der Waals surface area contributed by atoms with Crippen LogP contribution < -0.4 is 5.69 Å². The summed E-state index contributed by atoms with van der Waals surface area (Å²) in [7, 11) is 0. The SMILES string of the molecule is C=CCC(c1ccc(C(=O)N(CC)CC)cc1)(c1cccc(O)c1)N1CCC(n2c(=O)[nH]c3ccccc32)CC1.Cl. The summed E-state index contributed by atoms with van der Waals surface area (Å²) in [5.41, 5.74) is 3.80. The topological polar surface area (TPSA) is 81.6 Å². The zero-order valence-corrected chi connectivity index (χ0v) is 24.6. The van der Waals surface area contributed by atoms with Crippen LogP contribution in [0.4, 0.5) is 0 Å². The molecule has 2 heterocycles. The van der Waals surface area contributed by atoms with Gasteiger partial charge in [0.05, 0.1) is 16.6 Å². The quantitative estimate of drug-likeness (QED) is 0.237. The second-order valence-corrected chi connectivity index (χ2v) is 10.5. The maximum atomic E-state index is 13.0. The second-order valence-electron chi connectivity index (χ2n) is 10.5. The minimum atomic E-state index is -0.590. The molecule has 0 aliphatic carbocycles. The summed E-state index contributed by atoms with van der Waals surface area (Å²) in [4.78, 5) is 33.2. The lowest BCUT2D eigenvalue weighted by Gasteiger charge is -2.48. The highest BCUT2D eigenvalue weighted by molar-refractivity contribution is 5.94. The molecule has 1 aromatic heterocycles. The van der Waals surface area contributed by atoms with Gasteiger partial charge in [0.15, 0.2) is 0 Å². The number of halogens is 1. The van der Waals surface area contributed by atoms with Crippen molar-refractivity contribution in [3.05, 3.63) is 113 Å². The Morgan fingerprint density at radius 3 is 2.34 bits per heavy atom. The number of H-pyrrole nitrogens is 1. The van der Waals surface area contributed by atoms with E-state index in [2.05, 4.69) is 22.5 Å². The molecule has 0 radical (unpaired) electrons. The molecule has 1 saturated heterocycles. The minimum Gasteiger partial charge on any atom is -0.508 e. The molecule has 1 amide bonds. The van der Waals surface area contributed by atoms with Gasteiger partial charge in [-0.2, -0.15) is 0 Å². The van der Waals surface area contributed by atoms with Crippen LogP contribution >= 0.6 is 12.4 Å². The number of piperidine rings is 1. The van der Waals surface area contributed by atoms with Crippen LogP contribution in [0, 0.1) is 0 Å². The summed E-state index contributed by atoms with van der Waals surface area (Å²) in [6.45, 7) is 10.9. The molecule has 0 bridgehead atoms. The average molecular weight is 575 g/mol. The maximum absolute atomic E-state index is 13.0. The van der Waals surface area contributed by atoms with Crippen LogP contribution in [-0.2, 0) is 5.54 Å². The first-order valence-electron chi connectivity index (χ1n) is 14.2. The van der Waals surface area contributed by atoms with Crippen LogP contribution in [0.1, 0.15) is 60.6 Å². The molecule has 4 aromatic rings. The van der Waals surface area contributed by atoms with E-state index in [0.717, 1.165) is 48.1 Å². The number of fused-ring (bicyclic) bond motifs is 1. The number of likely N-dealkylation sites (tertiary alicyclic amines) is 1. The van der Waals surface area contributed by atoms with Crippen molar-refractivity contribution in [1.29, 1.82) is 0 Å². The number of benzene rings is 3. The number of imidazole rings is 1. The predicted octanol–water partition coefficient (Wildman–Crippen LogP) is 6.10. The molecule has 1 atom stereocenters. The van der Waals surface area contributed by atoms with Crippen LogP contribution in [-0.4, -0.2) is 56.5 Å². The lowest BCUT2D eigenvalue weighted by Crippen LogP contribution is -2.51. The average Bonchev–Trinajstić information content (AvgIpc) is 3.32. The van der Waals surface area contributed by atoms with Crippen molar-refractivity contribution in [1.82, 2.24) is 19.4 Å². The largest absolute Gasteiger partial charge is 0.508 e. The van der Waals surface area contributed by atoms with E-state index in [1.807, 2.05) is 90.1 Å². The number of carbonyl (C=O) groups excluding carboxylic acids is 1. The molecule has 3 aromatic carbocycles. The molecule has 7 nitrogen and oxygen atoms in total. The van der Waals surface area contributed by atoms with Gasteiger partial charge in [0.25, 0.3) is 5.91 Å². The number of nitrogens with one attached hydrogen (secondary N) is 1. The van der Waals surface area contributed by atoms with Gasteiger partial charge in [-0.15, -0.1) is 19.0 Å². The number of aromatic nitrogens is 2. The zero-order valence-electron chi connectivity index (χ0n) is 23.8. The fourth-order valence-corrected chi connectivity index (χ4v) is 6.39. The van der Waals surface area contributed by atoms with Gasteiger partial charge in [-0.25, -0.2) is 4.79 Å². The Labute approximate surface area is 247 Å². The number of amides is 1. The zero-order chi connectivity index (χ0) is 28.3. The van der Waals surface area contributed by atoms with Crippen LogP contribution in [0.5, 0.6) is 5.75 Å². The summed E-state index contributed by atoms with van der Waals surface area (Å²) in [6.07, 6.45) is 4.16. The van der Waals surface area contributed by atoms with Gasteiger partial charge in [-0.3, -0.25) is 14.3 Å². The van der Waals surface area contributed by atoms with Crippen molar-refractivity contribution in [2.45, 2.75) is 44.7 Å². The van der Waals surface area contributed by atoms with Gasteiger partial charge in [-0.1, -0.05) is 42.5 Å². The van der Waals surface area contributed by atoms with Crippen LogP contribution in [0.2, 0.25) is 0 Å². The van der Waals surface area contributed by atoms with Gasteiger partial charge >= 0.3 is 5.69 Å². The first-order chi connectivity index (χ1) is 19.4. The molecule has 1 unspecified atom stereocenters. The van der Waals surface area contributed by atoms with Crippen LogP contribution in [0.25, 0.3) is 11.0 Å². The van der Waals surface area contributed by atoms with Crippen molar-refractivity contribution >= 4 is 29.3 Å². The number of rotatable bonds is 9. The lowest BCUT2D eigenvalue weighted by molar-refractivity contribution is 0.0767. The number of hydrogen-bond donors (Lipinski definition) is 2. The predicted molar refractivity (Wildman–Crippen MR) is 167 cm³/mol. The molecule has 41 heavy (non-hydrogen) atoms. The Hall–Kier alpha value is -3.81. The number of nitrogens with zero attached hydrogens (tertiary/aromatic N) is 3. The summed E-state index contributed by atoms with van der Waals surface area (Å²) < 4.78 is 1.91. The third-order valence-corrected chi connectivity index (χ3v) is 8.42. The molecular weight excluding hydrogens is 536 g/mol. The Morgan fingerprint density at radius 2 is 1.71 bits per heavy atom. The van der Waals surface area contributed by atoms with E-state index in [-0.39, 0.29) is 35.8 Å². The molecular formula is C33H39ClN4O3. The van der Waals surface area contributed by atoms with Gasteiger partial charge < -0.3 is 15.0 Å². The van der Waals surface area contributed by atoms with Crippen LogP contribution in [0.3, 0.4) is 0 Å². The number of aromatic hydroxyl groups is 1. The fraction of sp³-hybridized carbons (Fsp3) is 0.333. The molecule has 1 aliphatic rings. The standard InChI is InChI=1S/C33H38N4O3.ClH/c1-4-20-33(26-10-9-11-28(38)23-26,25-16-14-24(15-17-25)31(39)35(5-2)6-3)36-21-18-27(19-22-36)37-30-13-8-7-12-29(30)34-32(37)40;/h4,7-17,23,27,38H,1,5-6,18-22H2,2-3H3,(H,34,40);1H. The number of phenols is 1. The highest BCUT2D eigenvalue weighted by atomic mass is 35.5. The smallest absolute Gasteiger partial charge is 0.326 e. The third kappa shape index (κ3) is 5.56. The van der Waals surface area contributed by atoms with E-state index in [4.69, 9.17) is 0 Å². The number of aromatic amines is 1. The van der Waals surface area contributed by atoms with Crippen molar-refractivity contribution < 1.29 is 9.90 Å². The minimum absolute atomic E-state index is 0. The molecule has 1 fully saturated rings. The molecule has 2 N–H and O–H groups in total. The van der Waals surface area contributed by atoms with E-state index in [1.54, 1.807) is 6.07 Å². The lowest BCUT2D eigenvalue weighted by atomic mass is 9.77. The second kappa shape index (κ2) is 12.8. The van der Waals surface area contributed by atoms with Crippen molar-refractivity contribution in [3.8, 4) is 5.75 Å².